The van der Waals surface area contributed by atoms with Crippen molar-refractivity contribution in [3.8, 4) is 5.75 Å². The molecule has 0 N–H and O–H groups in total. The normalized spacial score (nSPS) is 26.5. The number of carbonyl (C=O) groups is 3. The lowest BCUT2D eigenvalue weighted by Crippen LogP contribution is -2.60. The summed E-state index contributed by atoms with van der Waals surface area (Å²) in [5.74, 6) is 3.17. The molecule has 0 aromatic heterocycles. The molecule has 0 atom stereocenters. The van der Waals surface area contributed by atoms with Crippen LogP contribution in [0.4, 0.5) is 0 Å². The molecule has 1 aromatic rings. The molecule has 41 heavy (non-hydrogen) atoms. The minimum absolute atomic E-state index is 0.0364. The lowest BCUT2D eigenvalue weighted by Gasteiger charge is -2.60. The molecule has 0 unspecified atom stereocenters. The number of carbonyl (C=O) groups excluding carboxylic acids is 3. The van der Waals surface area contributed by atoms with Crippen LogP contribution in [0.15, 0.2) is 24.3 Å². The Morgan fingerprint density at radius 1 is 0.805 bits per heavy atom. The van der Waals surface area contributed by atoms with E-state index < -0.39 is 5.41 Å². The number of benzene rings is 1. The largest absolute Gasteiger partial charge is 0.468 e. The van der Waals surface area contributed by atoms with Crippen molar-refractivity contribution in [1.29, 1.82) is 0 Å². The van der Waals surface area contributed by atoms with Gasteiger partial charge in [0.15, 0.2) is 19.2 Å². The SMILES string of the molecule is CCC(C)(C)C(=O)OC1(CC)C2CC3CC(C2)CC1C3.CCC(C)(C)C(=O)OCC(=O)c1ccc(OCOC)cc1. The Morgan fingerprint density at radius 3 is 1.78 bits per heavy atom. The first-order chi connectivity index (χ1) is 19.3. The van der Waals surface area contributed by atoms with Gasteiger partial charge in [-0.05, 0) is 127 Å². The average Bonchev–Trinajstić information content (AvgIpc) is 2.96. The molecule has 230 valence electrons. The van der Waals surface area contributed by atoms with E-state index in [-0.39, 0.29) is 42.1 Å². The van der Waals surface area contributed by atoms with Crippen LogP contribution in [0.3, 0.4) is 0 Å². The summed E-state index contributed by atoms with van der Waals surface area (Å²) in [6.07, 6.45) is 9.19. The second-order valence-electron chi connectivity index (χ2n) is 13.6. The summed E-state index contributed by atoms with van der Waals surface area (Å²) >= 11 is 0. The van der Waals surface area contributed by atoms with E-state index in [9.17, 15) is 14.4 Å². The molecule has 0 radical (unpaired) electrons. The first-order valence-electron chi connectivity index (χ1n) is 15.5. The van der Waals surface area contributed by atoms with Crippen molar-refractivity contribution in [3.05, 3.63) is 29.8 Å². The van der Waals surface area contributed by atoms with Crippen LogP contribution in [0, 0.1) is 34.5 Å². The molecule has 7 nitrogen and oxygen atoms in total. The van der Waals surface area contributed by atoms with Crippen LogP contribution in [0.2, 0.25) is 0 Å². The molecule has 7 heteroatoms. The highest BCUT2D eigenvalue weighted by atomic mass is 16.7. The van der Waals surface area contributed by atoms with E-state index in [1.165, 1.54) is 39.2 Å². The number of Topliss-reactive ketones (excluding diaryl/α,β-unsaturated/α-hetero) is 1. The highest BCUT2D eigenvalue weighted by Gasteiger charge is 2.59. The van der Waals surface area contributed by atoms with Crippen molar-refractivity contribution in [2.24, 2.45) is 34.5 Å². The van der Waals surface area contributed by atoms with Crippen LogP contribution in [-0.2, 0) is 23.8 Å². The molecule has 4 bridgehead atoms. The van der Waals surface area contributed by atoms with Gasteiger partial charge in [0.25, 0.3) is 0 Å². The Kier molecular flexibility index (Phi) is 11.1. The van der Waals surface area contributed by atoms with Gasteiger partial charge in [-0.25, -0.2) is 0 Å². The number of hydrogen-bond acceptors (Lipinski definition) is 7. The van der Waals surface area contributed by atoms with E-state index >= 15 is 0 Å². The third-order valence-electron chi connectivity index (χ3n) is 10.1. The lowest BCUT2D eigenvalue weighted by atomic mass is 9.49. The Bertz CT molecular complexity index is 1010. The standard InChI is InChI=1S/C18H30O2.C16H22O5/c1-5-17(3,4)16(19)20-18(6-2)14-8-12-7-13(10-14)11-15(18)9-12;1-5-16(2,3)15(18)20-10-14(17)12-6-8-13(9-7-12)21-11-19-4/h12-15H,5-11H2,1-4H3;6-9H,5,10-11H2,1-4H3. The summed E-state index contributed by atoms with van der Waals surface area (Å²) in [4.78, 5) is 36.4. The second kappa shape index (κ2) is 13.7. The number of ketones is 1. The van der Waals surface area contributed by atoms with Crippen molar-refractivity contribution in [2.45, 2.75) is 105 Å². The van der Waals surface area contributed by atoms with Gasteiger partial charge in [-0.2, -0.15) is 0 Å². The number of hydrogen-bond donors (Lipinski definition) is 0. The molecule has 0 heterocycles. The minimum atomic E-state index is -0.571. The van der Waals surface area contributed by atoms with Gasteiger partial charge in [-0.3, -0.25) is 14.4 Å². The van der Waals surface area contributed by atoms with Gasteiger partial charge < -0.3 is 18.9 Å². The van der Waals surface area contributed by atoms with Gasteiger partial charge in [0.1, 0.15) is 11.4 Å². The molecule has 0 saturated heterocycles. The fourth-order valence-electron chi connectivity index (χ4n) is 6.67. The molecular formula is C34H52O7. The van der Waals surface area contributed by atoms with E-state index in [0.29, 0.717) is 29.6 Å². The predicted octanol–water partition coefficient (Wildman–Crippen LogP) is 7.40. The molecule has 5 rings (SSSR count). The van der Waals surface area contributed by atoms with E-state index in [1.807, 2.05) is 20.8 Å². The maximum Gasteiger partial charge on any atom is 0.312 e. The Hall–Kier alpha value is -2.41. The van der Waals surface area contributed by atoms with Gasteiger partial charge in [0.05, 0.1) is 10.8 Å². The number of esters is 2. The zero-order valence-corrected chi connectivity index (χ0v) is 26.5. The quantitative estimate of drug-likeness (QED) is 0.146. The van der Waals surface area contributed by atoms with Crippen molar-refractivity contribution >= 4 is 17.7 Å². The summed E-state index contributed by atoms with van der Waals surface area (Å²) in [5.41, 5.74) is -0.562. The van der Waals surface area contributed by atoms with Crippen LogP contribution >= 0.6 is 0 Å². The molecule has 4 aliphatic rings. The van der Waals surface area contributed by atoms with Crippen LogP contribution < -0.4 is 4.74 Å². The van der Waals surface area contributed by atoms with Crippen LogP contribution in [0.5, 0.6) is 5.75 Å². The lowest BCUT2D eigenvalue weighted by molar-refractivity contribution is -0.218. The fraction of sp³-hybridized carbons (Fsp3) is 0.735. The molecule has 0 spiro atoms. The van der Waals surface area contributed by atoms with Crippen LogP contribution in [-0.4, -0.2) is 43.8 Å². The van der Waals surface area contributed by atoms with E-state index in [2.05, 4.69) is 13.8 Å². The zero-order chi connectivity index (χ0) is 30.4. The van der Waals surface area contributed by atoms with E-state index in [0.717, 1.165) is 24.7 Å². The van der Waals surface area contributed by atoms with Crippen molar-refractivity contribution in [1.82, 2.24) is 0 Å². The molecule has 0 aliphatic heterocycles. The molecule has 4 saturated carbocycles. The second-order valence-corrected chi connectivity index (χ2v) is 13.6. The monoisotopic (exact) mass is 572 g/mol. The average molecular weight is 573 g/mol. The molecule has 1 aromatic carbocycles. The first kappa shape index (κ1) is 33.1. The predicted molar refractivity (Wildman–Crippen MR) is 159 cm³/mol. The van der Waals surface area contributed by atoms with Gasteiger partial charge >= 0.3 is 11.9 Å². The summed E-state index contributed by atoms with van der Waals surface area (Å²) in [7, 11) is 1.53. The molecule has 4 fully saturated rings. The first-order valence-corrected chi connectivity index (χ1v) is 15.5. The molecule has 4 aliphatic carbocycles. The number of ether oxygens (including phenoxy) is 4. The van der Waals surface area contributed by atoms with Crippen molar-refractivity contribution < 1.29 is 33.3 Å². The number of methoxy groups -OCH3 is 1. The topological polar surface area (TPSA) is 88.1 Å². The van der Waals surface area contributed by atoms with Crippen LogP contribution in [0.25, 0.3) is 0 Å². The maximum atomic E-state index is 12.6. The van der Waals surface area contributed by atoms with Gasteiger partial charge in [-0.15, -0.1) is 0 Å². The summed E-state index contributed by atoms with van der Waals surface area (Å²) in [6.45, 7) is 13.7. The van der Waals surface area contributed by atoms with Crippen LogP contribution in [0.1, 0.15) is 110 Å². The van der Waals surface area contributed by atoms with Gasteiger partial charge in [0, 0.05) is 12.7 Å². The Labute approximate surface area is 247 Å². The van der Waals surface area contributed by atoms with Gasteiger partial charge in [0.2, 0.25) is 0 Å². The summed E-state index contributed by atoms with van der Waals surface area (Å²) in [5, 5.41) is 0. The fourth-order valence-corrected chi connectivity index (χ4v) is 6.67. The van der Waals surface area contributed by atoms with Crippen molar-refractivity contribution in [2.75, 3.05) is 20.5 Å². The molecule has 0 amide bonds. The highest BCUT2D eigenvalue weighted by molar-refractivity contribution is 5.98. The zero-order valence-electron chi connectivity index (χ0n) is 26.5. The summed E-state index contributed by atoms with van der Waals surface area (Å²) < 4.78 is 21.4. The third-order valence-corrected chi connectivity index (χ3v) is 10.1. The van der Waals surface area contributed by atoms with E-state index in [4.69, 9.17) is 18.9 Å². The van der Waals surface area contributed by atoms with Crippen molar-refractivity contribution in [3.63, 3.8) is 0 Å². The highest BCUT2D eigenvalue weighted by Crippen LogP contribution is 2.61. The number of rotatable bonds is 12. The Balaban J connectivity index is 0.000000225. The minimum Gasteiger partial charge on any atom is -0.468 e. The third kappa shape index (κ3) is 7.71. The van der Waals surface area contributed by atoms with E-state index in [1.54, 1.807) is 38.1 Å². The smallest absolute Gasteiger partial charge is 0.312 e. The Morgan fingerprint density at radius 2 is 1.32 bits per heavy atom. The van der Waals surface area contributed by atoms with Gasteiger partial charge in [-0.1, -0.05) is 20.8 Å². The molecular weight excluding hydrogens is 520 g/mol. The maximum absolute atomic E-state index is 12.6. The summed E-state index contributed by atoms with van der Waals surface area (Å²) in [6, 6.07) is 6.60.